The smallest absolute Gasteiger partial charge is 0.416 e. The molecule has 0 saturated carbocycles. The van der Waals surface area contributed by atoms with E-state index in [-0.39, 0.29) is 13.2 Å². The number of hydrogen-bond donors (Lipinski definition) is 2. The van der Waals surface area contributed by atoms with Gasteiger partial charge in [-0.2, -0.15) is 13.2 Å². The van der Waals surface area contributed by atoms with Crippen molar-refractivity contribution in [2.75, 3.05) is 6.61 Å². The number of nitrogens with one attached hydrogen (secondary N) is 2. The van der Waals surface area contributed by atoms with Crippen LogP contribution in [0, 0.1) is 5.41 Å². The highest BCUT2D eigenvalue weighted by molar-refractivity contribution is 6.01. The molecule has 0 atom stereocenters. The first kappa shape index (κ1) is 19.4. The van der Waals surface area contributed by atoms with Crippen LogP contribution in [0.25, 0.3) is 10.8 Å². The Bertz CT molecular complexity index is 1020. The topological polar surface area (TPSA) is 62.2 Å². The highest BCUT2D eigenvalue weighted by atomic mass is 19.4. The highest BCUT2D eigenvalue weighted by Crippen LogP contribution is 2.30. The molecule has 144 valence electrons. The van der Waals surface area contributed by atoms with Crippen LogP contribution in [0.1, 0.15) is 16.7 Å². The van der Waals surface area contributed by atoms with E-state index in [4.69, 9.17) is 10.1 Å². The van der Waals surface area contributed by atoms with Crippen LogP contribution in [0.3, 0.4) is 0 Å². The number of ether oxygens (including phenoxy) is 1. The molecule has 0 spiro atoms. The van der Waals surface area contributed by atoms with Crippen LogP contribution in [0.5, 0.6) is 5.75 Å². The van der Waals surface area contributed by atoms with E-state index in [1.807, 2.05) is 24.3 Å². The average Bonchev–Trinajstić information content (AvgIpc) is 2.70. The van der Waals surface area contributed by atoms with Crippen molar-refractivity contribution in [1.29, 1.82) is 5.41 Å². The molecule has 0 saturated heterocycles. The number of alkyl halides is 3. The van der Waals surface area contributed by atoms with Crippen LogP contribution in [0.15, 0.2) is 60.7 Å². The Morgan fingerprint density at radius 3 is 2.50 bits per heavy atom. The lowest BCUT2D eigenvalue weighted by molar-refractivity contribution is -0.137. The summed E-state index contributed by atoms with van der Waals surface area (Å²) in [5, 5.41) is 11.6. The predicted octanol–water partition coefficient (Wildman–Crippen LogP) is 4.55. The molecule has 0 bridgehead atoms. The Morgan fingerprint density at radius 1 is 1.04 bits per heavy atom. The van der Waals surface area contributed by atoms with Crippen LogP contribution in [-0.2, 0) is 17.5 Å². The Balaban J connectivity index is 1.63. The summed E-state index contributed by atoms with van der Waals surface area (Å²) < 4.78 is 43.8. The SMILES string of the molecule is N=Cc1ccc(OCC(=O)NCc2cccc(C(F)(F)F)c2)c2ccccc12. The van der Waals surface area contributed by atoms with E-state index in [1.165, 1.54) is 18.3 Å². The van der Waals surface area contributed by atoms with E-state index in [2.05, 4.69) is 5.32 Å². The van der Waals surface area contributed by atoms with Crippen LogP contribution < -0.4 is 10.1 Å². The molecule has 0 fully saturated rings. The molecule has 7 heteroatoms. The maximum Gasteiger partial charge on any atom is 0.416 e. The number of carbonyl (C=O) groups excluding carboxylic acids is 1. The van der Waals surface area contributed by atoms with E-state index in [0.717, 1.165) is 28.5 Å². The number of benzene rings is 3. The van der Waals surface area contributed by atoms with Gasteiger partial charge in [-0.25, -0.2) is 0 Å². The minimum Gasteiger partial charge on any atom is -0.483 e. The molecular formula is C21H17F3N2O2. The standard InChI is InChI=1S/C21H17F3N2O2/c22-21(23,24)16-5-3-4-14(10-16)12-26-20(27)13-28-19-9-8-15(11-25)17-6-1-2-7-18(17)19/h1-11,25H,12-13H2,(H,26,27). The Morgan fingerprint density at radius 2 is 1.79 bits per heavy atom. The van der Waals surface area contributed by atoms with Gasteiger partial charge in [0.15, 0.2) is 6.61 Å². The largest absolute Gasteiger partial charge is 0.483 e. The van der Waals surface area contributed by atoms with Crippen molar-refractivity contribution in [2.45, 2.75) is 12.7 Å². The summed E-state index contributed by atoms with van der Waals surface area (Å²) in [6, 6.07) is 15.6. The molecule has 0 aliphatic heterocycles. The van der Waals surface area contributed by atoms with Crippen LogP contribution in [0.4, 0.5) is 13.2 Å². The van der Waals surface area contributed by atoms with Crippen molar-refractivity contribution in [3.05, 3.63) is 77.4 Å². The second-order valence-electron chi connectivity index (χ2n) is 6.11. The number of fused-ring (bicyclic) bond motifs is 1. The third-order valence-electron chi connectivity index (χ3n) is 4.18. The Hall–Kier alpha value is -3.35. The Kier molecular flexibility index (Phi) is 5.63. The van der Waals surface area contributed by atoms with Gasteiger partial charge in [0, 0.05) is 23.7 Å². The fraction of sp³-hybridized carbons (Fsp3) is 0.143. The van der Waals surface area contributed by atoms with Crippen molar-refractivity contribution in [2.24, 2.45) is 0 Å². The van der Waals surface area contributed by atoms with E-state index in [0.29, 0.717) is 11.3 Å². The van der Waals surface area contributed by atoms with Gasteiger partial charge in [0.05, 0.1) is 5.56 Å². The van der Waals surface area contributed by atoms with Gasteiger partial charge >= 0.3 is 6.18 Å². The molecule has 1 amide bonds. The minimum atomic E-state index is -4.42. The first-order valence-corrected chi connectivity index (χ1v) is 8.46. The summed E-state index contributed by atoms with van der Waals surface area (Å²) in [6.45, 7) is -0.299. The van der Waals surface area contributed by atoms with E-state index in [1.54, 1.807) is 12.1 Å². The second-order valence-corrected chi connectivity index (χ2v) is 6.11. The molecule has 0 unspecified atom stereocenters. The van der Waals surface area contributed by atoms with Gasteiger partial charge in [-0.05, 0) is 35.2 Å². The van der Waals surface area contributed by atoms with Crippen LogP contribution in [-0.4, -0.2) is 18.7 Å². The molecule has 0 aromatic heterocycles. The fourth-order valence-corrected chi connectivity index (χ4v) is 2.80. The number of hydrogen-bond acceptors (Lipinski definition) is 3. The minimum absolute atomic E-state index is 0.0282. The van der Waals surface area contributed by atoms with Gasteiger partial charge in [-0.3, -0.25) is 4.79 Å². The molecule has 28 heavy (non-hydrogen) atoms. The van der Waals surface area contributed by atoms with Crippen molar-refractivity contribution in [3.8, 4) is 5.75 Å². The molecule has 3 aromatic rings. The van der Waals surface area contributed by atoms with Gasteiger partial charge in [0.2, 0.25) is 0 Å². The van der Waals surface area contributed by atoms with Gasteiger partial charge in [0.1, 0.15) is 5.75 Å². The van der Waals surface area contributed by atoms with E-state index < -0.39 is 17.6 Å². The van der Waals surface area contributed by atoms with Gasteiger partial charge in [-0.15, -0.1) is 0 Å². The summed E-state index contributed by atoms with van der Waals surface area (Å²) in [5.74, 6) is 0.0491. The predicted molar refractivity (Wildman–Crippen MR) is 101 cm³/mol. The van der Waals surface area contributed by atoms with E-state index >= 15 is 0 Å². The van der Waals surface area contributed by atoms with Crippen LogP contribution in [0.2, 0.25) is 0 Å². The lowest BCUT2D eigenvalue weighted by atomic mass is 10.0. The number of halogens is 3. The average molecular weight is 386 g/mol. The zero-order valence-electron chi connectivity index (χ0n) is 14.7. The Labute approximate surface area is 159 Å². The lowest BCUT2D eigenvalue weighted by Gasteiger charge is -2.12. The van der Waals surface area contributed by atoms with Crippen molar-refractivity contribution < 1.29 is 22.7 Å². The molecule has 0 aliphatic carbocycles. The molecule has 0 aliphatic rings. The van der Waals surface area contributed by atoms with Crippen molar-refractivity contribution in [1.82, 2.24) is 5.32 Å². The second kappa shape index (κ2) is 8.12. The molecular weight excluding hydrogens is 369 g/mol. The van der Waals surface area contributed by atoms with Crippen LogP contribution >= 0.6 is 0 Å². The third-order valence-corrected chi connectivity index (χ3v) is 4.18. The summed E-state index contributed by atoms with van der Waals surface area (Å²) in [6.07, 6.45) is -3.18. The molecule has 4 nitrogen and oxygen atoms in total. The molecule has 3 rings (SSSR count). The maximum atomic E-state index is 12.7. The number of carbonyl (C=O) groups is 1. The fourth-order valence-electron chi connectivity index (χ4n) is 2.80. The first-order chi connectivity index (χ1) is 13.4. The highest BCUT2D eigenvalue weighted by Gasteiger charge is 2.30. The molecule has 0 radical (unpaired) electrons. The zero-order valence-corrected chi connectivity index (χ0v) is 14.7. The van der Waals surface area contributed by atoms with Gasteiger partial charge in [0.25, 0.3) is 5.91 Å². The number of rotatable bonds is 6. The normalized spacial score (nSPS) is 11.2. The molecule has 3 aromatic carbocycles. The maximum absolute atomic E-state index is 12.7. The zero-order chi connectivity index (χ0) is 20.1. The van der Waals surface area contributed by atoms with Crippen molar-refractivity contribution >= 4 is 22.9 Å². The number of amides is 1. The summed E-state index contributed by atoms with van der Waals surface area (Å²) in [7, 11) is 0. The monoisotopic (exact) mass is 386 g/mol. The summed E-state index contributed by atoms with van der Waals surface area (Å²) in [5.41, 5.74) is 0.328. The quantitative estimate of drug-likeness (QED) is 0.611. The molecule has 2 N–H and O–H groups in total. The lowest BCUT2D eigenvalue weighted by Crippen LogP contribution is -2.28. The molecule has 0 heterocycles. The summed E-state index contributed by atoms with van der Waals surface area (Å²) in [4.78, 5) is 12.0. The van der Waals surface area contributed by atoms with Gasteiger partial charge in [-0.1, -0.05) is 36.4 Å². The van der Waals surface area contributed by atoms with Gasteiger partial charge < -0.3 is 15.5 Å². The third kappa shape index (κ3) is 4.49. The van der Waals surface area contributed by atoms with E-state index in [9.17, 15) is 18.0 Å². The summed E-state index contributed by atoms with van der Waals surface area (Å²) >= 11 is 0. The van der Waals surface area contributed by atoms with Crippen molar-refractivity contribution in [3.63, 3.8) is 0 Å². The first-order valence-electron chi connectivity index (χ1n) is 8.46.